The number of carbonyl (C=O) groups excluding carboxylic acids is 1. The fourth-order valence-electron chi connectivity index (χ4n) is 2.04. The van der Waals surface area contributed by atoms with Gasteiger partial charge in [0.15, 0.2) is 11.5 Å². The van der Waals surface area contributed by atoms with Crippen molar-refractivity contribution in [1.82, 2.24) is 0 Å². The first kappa shape index (κ1) is 13.6. The lowest BCUT2D eigenvalue weighted by molar-refractivity contribution is 0.0997. The second-order valence-corrected chi connectivity index (χ2v) is 5.64. The second kappa shape index (κ2) is 5.57. The van der Waals surface area contributed by atoms with Gasteiger partial charge in [0, 0.05) is 15.5 Å². The molecule has 5 nitrogen and oxygen atoms in total. The van der Waals surface area contributed by atoms with Gasteiger partial charge in [0.25, 0.3) is 0 Å². The number of nitrogens with two attached hydrogens (primary N) is 2. The smallest absolute Gasteiger partial charge is 0.249 e. The highest BCUT2D eigenvalue weighted by Gasteiger charge is 2.14. The van der Waals surface area contributed by atoms with Crippen LogP contribution in [0.15, 0.2) is 46.2 Å². The number of amides is 1. The molecule has 0 aliphatic carbocycles. The van der Waals surface area contributed by atoms with E-state index >= 15 is 0 Å². The molecule has 2 aromatic carbocycles. The first-order valence-electron chi connectivity index (χ1n) is 6.40. The molecule has 1 amide bonds. The molecule has 0 atom stereocenters. The van der Waals surface area contributed by atoms with Crippen LogP contribution in [0.5, 0.6) is 11.5 Å². The Morgan fingerprint density at radius 1 is 1.05 bits per heavy atom. The molecule has 21 heavy (non-hydrogen) atoms. The van der Waals surface area contributed by atoms with Crippen molar-refractivity contribution in [3.05, 3.63) is 42.0 Å². The minimum absolute atomic E-state index is 0.448. The van der Waals surface area contributed by atoms with Gasteiger partial charge in [0.1, 0.15) is 13.2 Å². The molecule has 6 heteroatoms. The van der Waals surface area contributed by atoms with Crippen molar-refractivity contribution < 1.29 is 14.3 Å². The molecule has 2 aromatic rings. The highest BCUT2D eigenvalue weighted by atomic mass is 32.2. The molecule has 0 bridgehead atoms. The van der Waals surface area contributed by atoms with Crippen molar-refractivity contribution in [3.8, 4) is 11.5 Å². The summed E-state index contributed by atoms with van der Waals surface area (Å²) in [6, 6.07) is 10.7. The van der Waals surface area contributed by atoms with Gasteiger partial charge in [-0.3, -0.25) is 4.79 Å². The summed E-state index contributed by atoms with van der Waals surface area (Å²) in [5.41, 5.74) is 12.2. The number of rotatable bonds is 3. The molecular formula is C15H14N2O3S. The molecule has 3 rings (SSSR count). The number of hydrogen-bond acceptors (Lipinski definition) is 5. The third-order valence-electron chi connectivity index (χ3n) is 3.01. The summed E-state index contributed by atoms with van der Waals surface area (Å²) in [7, 11) is 0. The maximum Gasteiger partial charge on any atom is 0.249 e. The normalized spacial score (nSPS) is 13.0. The van der Waals surface area contributed by atoms with E-state index in [1.54, 1.807) is 18.2 Å². The Balaban J connectivity index is 1.93. The summed E-state index contributed by atoms with van der Waals surface area (Å²) in [4.78, 5) is 13.1. The number of ether oxygens (including phenoxy) is 2. The highest BCUT2D eigenvalue weighted by molar-refractivity contribution is 7.99. The Kier molecular flexibility index (Phi) is 3.62. The van der Waals surface area contributed by atoms with Crippen molar-refractivity contribution in [3.63, 3.8) is 0 Å². The summed E-state index contributed by atoms with van der Waals surface area (Å²) in [5, 5.41) is 0. The van der Waals surface area contributed by atoms with E-state index in [2.05, 4.69) is 0 Å². The largest absolute Gasteiger partial charge is 0.486 e. The lowest BCUT2D eigenvalue weighted by Crippen LogP contribution is -2.15. The van der Waals surface area contributed by atoms with E-state index < -0.39 is 5.91 Å². The highest BCUT2D eigenvalue weighted by Crippen LogP contribution is 2.38. The van der Waals surface area contributed by atoms with Crippen LogP contribution in [-0.4, -0.2) is 19.1 Å². The molecule has 0 aromatic heterocycles. The lowest BCUT2D eigenvalue weighted by Gasteiger charge is -2.18. The topological polar surface area (TPSA) is 87.6 Å². The molecule has 1 heterocycles. The van der Waals surface area contributed by atoms with Gasteiger partial charge in [0.05, 0.1) is 5.56 Å². The van der Waals surface area contributed by atoms with Gasteiger partial charge in [-0.2, -0.15) is 0 Å². The summed E-state index contributed by atoms with van der Waals surface area (Å²) in [6.07, 6.45) is 0. The van der Waals surface area contributed by atoms with E-state index in [0.29, 0.717) is 30.2 Å². The molecule has 1 aliphatic heterocycles. The van der Waals surface area contributed by atoms with Gasteiger partial charge in [-0.05, 0) is 36.4 Å². The Hall–Kier alpha value is -2.34. The molecule has 0 unspecified atom stereocenters. The molecule has 108 valence electrons. The van der Waals surface area contributed by atoms with Crippen LogP contribution in [0, 0.1) is 0 Å². The van der Waals surface area contributed by atoms with Crippen LogP contribution >= 0.6 is 11.8 Å². The fourth-order valence-corrected chi connectivity index (χ4v) is 3.07. The fraction of sp³-hybridized carbons (Fsp3) is 0.133. The van der Waals surface area contributed by atoms with Crippen LogP contribution in [0.1, 0.15) is 10.4 Å². The third-order valence-corrected chi connectivity index (χ3v) is 4.06. The quantitative estimate of drug-likeness (QED) is 0.849. The zero-order valence-corrected chi connectivity index (χ0v) is 12.0. The number of fused-ring (bicyclic) bond motifs is 1. The molecule has 1 aliphatic rings. The number of hydrogen-bond donors (Lipinski definition) is 2. The van der Waals surface area contributed by atoms with Crippen LogP contribution in [-0.2, 0) is 0 Å². The number of carbonyl (C=O) groups is 1. The van der Waals surface area contributed by atoms with E-state index in [-0.39, 0.29) is 0 Å². The van der Waals surface area contributed by atoms with Gasteiger partial charge < -0.3 is 20.9 Å². The molecule has 0 radical (unpaired) electrons. The Morgan fingerprint density at radius 2 is 1.81 bits per heavy atom. The predicted octanol–water partition coefficient (Wildman–Crippen LogP) is 2.29. The van der Waals surface area contributed by atoms with Crippen LogP contribution in [0.4, 0.5) is 5.69 Å². The summed E-state index contributed by atoms with van der Waals surface area (Å²) in [6.45, 7) is 1.09. The third kappa shape index (κ3) is 2.90. The minimum atomic E-state index is -0.477. The maximum atomic E-state index is 11.5. The van der Waals surface area contributed by atoms with Crippen LogP contribution in [0.25, 0.3) is 0 Å². The van der Waals surface area contributed by atoms with Gasteiger partial charge in [-0.25, -0.2) is 0 Å². The first-order valence-corrected chi connectivity index (χ1v) is 7.22. The van der Waals surface area contributed by atoms with E-state index in [4.69, 9.17) is 20.9 Å². The van der Waals surface area contributed by atoms with E-state index in [1.807, 2.05) is 18.2 Å². The van der Waals surface area contributed by atoms with Gasteiger partial charge in [0.2, 0.25) is 5.91 Å². The average Bonchev–Trinajstić information content (AvgIpc) is 2.47. The molecular weight excluding hydrogens is 288 g/mol. The standard InChI is InChI=1S/C15H14N2O3S/c16-9-1-3-11(15(17)18)14(7-9)21-10-2-4-12-13(8-10)20-6-5-19-12/h1-4,7-8H,5-6,16H2,(H2,17,18). The maximum absolute atomic E-state index is 11.5. The lowest BCUT2D eigenvalue weighted by atomic mass is 10.2. The number of primary amides is 1. The Labute approximate surface area is 126 Å². The van der Waals surface area contributed by atoms with E-state index in [1.165, 1.54) is 11.8 Å². The van der Waals surface area contributed by atoms with Gasteiger partial charge in [-0.15, -0.1) is 0 Å². The van der Waals surface area contributed by atoms with Crippen molar-refractivity contribution in [2.75, 3.05) is 18.9 Å². The molecule has 4 N–H and O–H groups in total. The summed E-state index contributed by atoms with van der Waals surface area (Å²) >= 11 is 1.41. The van der Waals surface area contributed by atoms with Crippen molar-refractivity contribution >= 4 is 23.4 Å². The van der Waals surface area contributed by atoms with Gasteiger partial charge >= 0.3 is 0 Å². The Bertz CT molecular complexity index is 703. The first-order chi connectivity index (χ1) is 10.1. The van der Waals surface area contributed by atoms with Crippen molar-refractivity contribution in [2.24, 2.45) is 5.73 Å². The zero-order chi connectivity index (χ0) is 14.8. The summed E-state index contributed by atoms with van der Waals surface area (Å²) in [5.74, 6) is 0.958. The van der Waals surface area contributed by atoms with Crippen LogP contribution in [0.3, 0.4) is 0 Å². The Morgan fingerprint density at radius 3 is 2.57 bits per heavy atom. The second-order valence-electron chi connectivity index (χ2n) is 4.53. The van der Waals surface area contributed by atoms with Crippen LogP contribution < -0.4 is 20.9 Å². The van der Waals surface area contributed by atoms with E-state index in [0.717, 1.165) is 15.5 Å². The SMILES string of the molecule is NC(=O)c1ccc(N)cc1Sc1ccc2c(c1)OCCO2. The minimum Gasteiger partial charge on any atom is -0.486 e. The van der Waals surface area contributed by atoms with Crippen molar-refractivity contribution in [2.45, 2.75) is 9.79 Å². The van der Waals surface area contributed by atoms with Crippen molar-refractivity contribution in [1.29, 1.82) is 0 Å². The van der Waals surface area contributed by atoms with E-state index in [9.17, 15) is 4.79 Å². The van der Waals surface area contributed by atoms with Crippen LogP contribution in [0.2, 0.25) is 0 Å². The number of anilines is 1. The zero-order valence-electron chi connectivity index (χ0n) is 11.2. The van der Waals surface area contributed by atoms with Gasteiger partial charge in [-0.1, -0.05) is 11.8 Å². The number of benzene rings is 2. The summed E-state index contributed by atoms with van der Waals surface area (Å²) < 4.78 is 11.0. The average molecular weight is 302 g/mol. The monoisotopic (exact) mass is 302 g/mol. The number of nitrogen functional groups attached to an aromatic ring is 1. The molecule has 0 fully saturated rings. The predicted molar refractivity (Wildman–Crippen MR) is 80.9 cm³/mol. The molecule has 0 spiro atoms. The molecule has 0 saturated heterocycles. The molecule has 0 saturated carbocycles.